The first-order valence-corrected chi connectivity index (χ1v) is 8.92. The number of hydrogen-bond donors (Lipinski definition) is 0. The Morgan fingerprint density at radius 1 is 1.11 bits per heavy atom. The van der Waals surface area contributed by atoms with Crippen LogP contribution in [0.4, 0.5) is 0 Å². The minimum absolute atomic E-state index is 0.0354. The number of oxime groups is 1. The fourth-order valence-electron chi connectivity index (χ4n) is 2.44. The van der Waals surface area contributed by atoms with E-state index in [0.29, 0.717) is 18.1 Å². The van der Waals surface area contributed by atoms with E-state index in [0.717, 1.165) is 23.1 Å². The number of nitrogens with zero attached hydrogens (tertiary/aromatic N) is 1. The van der Waals surface area contributed by atoms with Crippen LogP contribution in [0.25, 0.3) is 0 Å². The van der Waals surface area contributed by atoms with Crippen molar-refractivity contribution in [3.8, 4) is 5.75 Å². The zero-order chi connectivity index (χ0) is 20.4. The second-order valence-electron chi connectivity index (χ2n) is 5.92. The Kier molecular flexibility index (Phi) is 8.09. The molecule has 0 heterocycles. The smallest absolute Gasteiger partial charge is 0.377 e. The van der Waals surface area contributed by atoms with Gasteiger partial charge >= 0.3 is 5.97 Å². The van der Waals surface area contributed by atoms with E-state index in [9.17, 15) is 4.79 Å². The van der Waals surface area contributed by atoms with E-state index in [1.807, 2.05) is 62.4 Å². The van der Waals surface area contributed by atoms with Gasteiger partial charge in [0, 0.05) is 5.56 Å². The number of hydrogen-bond acceptors (Lipinski definition) is 6. The number of esters is 1. The third kappa shape index (κ3) is 5.87. The molecule has 0 aliphatic heterocycles. The Morgan fingerprint density at radius 3 is 2.50 bits per heavy atom. The summed E-state index contributed by atoms with van der Waals surface area (Å²) in [6.45, 7) is 4.24. The molecule has 148 valence electrons. The van der Waals surface area contributed by atoms with Crippen LogP contribution >= 0.6 is 0 Å². The predicted molar refractivity (Wildman–Crippen MR) is 107 cm³/mol. The Bertz CT molecular complexity index is 843. The van der Waals surface area contributed by atoms with Crippen LogP contribution in [0.3, 0.4) is 0 Å². The molecule has 0 amide bonds. The fraction of sp³-hybridized carbons (Fsp3) is 0.273. The lowest BCUT2D eigenvalue weighted by molar-refractivity contribution is -0.138. The first kappa shape index (κ1) is 21.0. The van der Waals surface area contributed by atoms with Crippen molar-refractivity contribution >= 4 is 11.7 Å². The molecular formula is C22H25NO5. The maximum atomic E-state index is 11.9. The van der Waals surface area contributed by atoms with Crippen LogP contribution in [0.1, 0.15) is 30.5 Å². The number of ether oxygens (including phenoxy) is 3. The highest BCUT2D eigenvalue weighted by molar-refractivity contribution is 5.98. The first-order valence-electron chi connectivity index (χ1n) is 8.92. The molecule has 2 aromatic carbocycles. The summed E-state index contributed by atoms with van der Waals surface area (Å²) in [5.41, 5.74) is 3.49. The maximum absolute atomic E-state index is 11.9. The van der Waals surface area contributed by atoms with Crippen LogP contribution in [-0.2, 0) is 32.1 Å². The highest BCUT2D eigenvalue weighted by Gasteiger charge is 2.16. The lowest BCUT2D eigenvalue weighted by Gasteiger charge is -2.13. The highest BCUT2D eigenvalue weighted by atomic mass is 16.6. The molecule has 0 bridgehead atoms. The molecule has 0 aromatic heterocycles. The summed E-state index contributed by atoms with van der Waals surface area (Å²) < 4.78 is 15.4. The van der Waals surface area contributed by atoms with Gasteiger partial charge in [0.25, 0.3) is 0 Å². The van der Waals surface area contributed by atoms with Gasteiger partial charge in [0.2, 0.25) is 5.76 Å². The Morgan fingerprint density at radius 2 is 1.86 bits per heavy atom. The molecule has 6 heteroatoms. The Labute approximate surface area is 165 Å². The van der Waals surface area contributed by atoms with Crippen LogP contribution in [-0.4, -0.2) is 25.9 Å². The van der Waals surface area contributed by atoms with Gasteiger partial charge in [0.05, 0.1) is 19.9 Å². The molecule has 0 saturated heterocycles. The van der Waals surface area contributed by atoms with Gasteiger partial charge < -0.3 is 19.0 Å². The van der Waals surface area contributed by atoms with E-state index in [-0.39, 0.29) is 5.76 Å². The molecule has 0 aliphatic carbocycles. The van der Waals surface area contributed by atoms with Crippen LogP contribution in [0.5, 0.6) is 5.75 Å². The molecule has 2 aromatic rings. The number of carbonyl (C=O) groups excluding carboxylic acids is 1. The topological polar surface area (TPSA) is 66.3 Å². The molecule has 0 aliphatic rings. The highest BCUT2D eigenvalue weighted by Crippen LogP contribution is 2.24. The van der Waals surface area contributed by atoms with Gasteiger partial charge in [0.1, 0.15) is 18.6 Å². The van der Waals surface area contributed by atoms with Gasteiger partial charge in [-0.1, -0.05) is 54.5 Å². The molecule has 0 fully saturated rings. The van der Waals surface area contributed by atoms with E-state index >= 15 is 0 Å². The average molecular weight is 383 g/mol. The standard InChI is InChI=1S/C22H25NO5/c1-5-18-11-12-19(13-20(18)28-21(15-25-3)22(24)26-4)16(2)23-27-14-17-9-7-6-8-10-17/h6-13,15H,5,14H2,1-4H3/b21-15+,23-16+. The quantitative estimate of drug-likeness (QED) is 0.213. The number of methoxy groups -OCH3 is 2. The number of aryl methyl sites for hydroxylation is 1. The second kappa shape index (κ2) is 10.8. The van der Waals surface area contributed by atoms with Gasteiger partial charge in [-0.15, -0.1) is 0 Å². The second-order valence-corrected chi connectivity index (χ2v) is 5.92. The predicted octanol–water partition coefficient (Wildman–Crippen LogP) is 4.23. The van der Waals surface area contributed by atoms with Crippen molar-refractivity contribution in [2.45, 2.75) is 26.9 Å². The Hall–Kier alpha value is -3.28. The van der Waals surface area contributed by atoms with Crippen molar-refractivity contribution in [3.05, 3.63) is 77.2 Å². The van der Waals surface area contributed by atoms with Crippen LogP contribution < -0.4 is 4.74 Å². The molecule has 0 unspecified atom stereocenters. The lowest BCUT2D eigenvalue weighted by atomic mass is 10.1. The summed E-state index contributed by atoms with van der Waals surface area (Å²) in [6, 6.07) is 15.5. The normalized spacial score (nSPS) is 11.7. The number of carbonyl (C=O) groups is 1. The molecule has 6 nitrogen and oxygen atoms in total. The fourth-order valence-corrected chi connectivity index (χ4v) is 2.44. The number of rotatable bonds is 9. The largest absolute Gasteiger partial charge is 0.500 e. The maximum Gasteiger partial charge on any atom is 0.377 e. The average Bonchev–Trinajstić information content (AvgIpc) is 2.73. The zero-order valence-electron chi connectivity index (χ0n) is 16.6. The minimum Gasteiger partial charge on any atom is -0.500 e. The molecule has 0 saturated carbocycles. The molecule has 0 spiro atoms. The van der Waals surface area contributed by atoms with E-state index in [2.05, 4.69) is 5.16 Å². The van der Waals surface area contributed by atoms with Crippen molar-refractivity contribution in [1.29, 1.82) is 0 Å². The minimum atomic E-state index is -0.620. The SMILES string of the molecule is CCc1ccc(/C(C)=N/OCc2ccccc2)cc1O/C(=C/OC)C(=O)OC. The van der Waals surface area contributed by atoms with Crippen LogP contribution in [0.2, 0.25) is 0 Å². The molecule has 28 heavy (non-hydrogen) atoms. The summed E-state index contributed by atoms with van der Waals surface area (Å²) in [7, 11) is 2.72. The summed E-state index contributed by atoms with van der Waals surface area (Å²) in [5.74, 6) is -0.121. The van der Waals surface area contributed by atoms with Crippen molar-refractivity contribution < 1.29 is 23.8 Å². The van der Waals surface area contributed by atoms with E-state index in [1.165, 1.54) is 20.5 Å². The van der Waals surface area contributed by atoms with Gasteiger partial charge in [-0.3, -0.25) is 0 Å². The molecular weight excluding hydrogens is 358 g/mol. The summed E-state index contributed by atoms with van der Waals surface area (Å²) >= 11 is 0. The monoisotopic (exact) mass is 383 g/mol. The summed E-state index contributed by atoms with van der Waals surface area (Å²) in [6.07, 6.45) is 1.94. The van der Waals surface area contributed by atoms with Crippen molar-refractivity contribution in [2.24, 2.45) is 5.16 Å². The van der Waals surface area contributed by atoms with E-state index in [4.69, 9.17) is 19.0 Å². The molecule has 0 atom stereocenters. The van der Waals surface area contributed by atoms with Crippen LogP contribution in [0, 0.1) is 0 Å². The van der Waals surface area contributed by atoms with Gasteiger partial charge in [-0.05, 0) is 30.5 Å². The van der Waals surface area contributed by atoms with Gasteiger partial charge in [-0.25, -0.2) is 4.79 Å². The van der Waals surface area contributed by atoms with Crippen molar-refractivity contribution in [3.63, 3.8) is 0 Å². The first-order chi connectivity index (χ1) is 13.6. The van der Waals surface area contributed by atoms with Crippen molar-refractivity contribution in [1.82, 2.24) is 0 Å². The van der Waals surface area contributed by atoms with Gasteiger partial charge in [0.15, 0.2) is 0 Å². The van der Waals surface area contributed by atoms with E-state index < -0.39 is 5.97 Å². The third-order valence-electron chi connectivity index (χ3n) is 3.97. The molecule has 2 rings (SSSR count). The molecule has 0 N–H and O–H groups in total. The van der Waals surface area contributed by atoms with Crippen LogP contribution in [0.15, 0.2) is 65.7 Å². The van der Waals surface area contributed by atoms with Gasteiger partial charge in [-0.2, -0.15) is 0 Å². The summed E-state index contributed by atoms with van der Waals surface area (Å²) in [5, 5.41) is 4.18. The van der Waals surface area contributed by atoms with E-state index in [1.54, 1.807) is 0 Å². The summed E-state index contributed by atoms with van der Waals surface area (Å²) in [4.78, 5) is 17.3. The zero-order valence-corrected chi connectivity index (χ0v) is 16.6. The third-order valence-corrected chi connectivity index (χ3v) is 3.97. The van der Waals surface area contributed by atoms with Crippen molar-refractivity contribution in [2.75, 3.05) is 14.2 Å². The molecule has 0 radical (unpaired) electrons. The Balaban J connectivity index is 2.19. The number of benzene rings is 2. The lowest BCUT2D eigenvalue weighted by Crippen LogP contribution is -2.12.